The van der Waals surface area contributed by atoms with E-state index in [4.69, 9.17) is 0 Å². The lowest BCUT2D eigenvalue weighted by Gasteiger charge is -2.31. The zero-order valence-corrected chi connectivity index (χ0v) is 21.6. The molecule has 37 heavy (non-hydrogen) atoms. The number of fused-ring (bicyclic) bond motifs is 2. The van der Waals surface area contributed by atoms with Crippen molar-refractivity contribution in [2.45, 2.75) is 44.4 Å². The van der Waals surface area contributed by atoms with Gasteiger partial charge in [-0.15, -0.1) is 0 Å². The molecule has 9 nitrogen and oxygen atoms in total. The Morgan fingerprint density at radius 3 is 2.00 bits per heavy atom. The first-order valence-corrected chi connectivity index (χ1v) is 12.3. The van der Waals surface area contributed by atoms with E-state index in [1.54, 1.807) is 32.8 Å². The van der Waals surface area contributed by atoms with Gasteiger partial charge in [-0.3, -0.25) is 29.9 Å². The van der Waals surface area contributed by atoms with Crippen molar-refractivity contribution in [2.24, 2.45) is 0 Å². The van der Waals surface area contributed by atoms with Gasteiger partial charge in [0.05, 0.1) is 17.7 Å². The fourth-order valence-electron chi connectivity index (χ4n) is 4.31. The molecular weight excluding hydrogens is 468 g/mol. The maximum absolute atomic E-state index is 13.5. The molecular formula is C28H34N6O3. The number of likely N-dealkylation sites (N-methyl/N-ethyl adjacent to an activating group) is 1. The Kier molecular flexibility index (Phi) is 7.75. The van der Waals surface area contributed by atoms with Crippen LogP contribution < -0.4 is 16.0 Å². The van der Waals surface area contributed by atoms with Crippen molar-refractivity contribution < 1.29 is 14.4 Å². The molecule has 2 aromatic heterocycles. The van der Waals surface area contributed by atoms with Gasteiger partial charge in [0.2, 0.25) is 18.2 Å². The summed E-state index contributed by atoms with van der Waals surface area (Å²) in [7, 11) is 3.58. The lowest BCUT2D eigenvalue weighted by molar-refractivity contribution is -0.137. The maximum atomic E-state index is 13.5. The third-order valence-electron chi connectivity index (χ3n) is 7.10. The summed E-state index contributed by atoms with van der Waals surface area (Å²) in [6.07, 6.45) is 4.61. The van der Waals surface area contributed by atoms with Crippen LogP contribution in [0.5, 0.6) is 0 Å². The third kappa shape index (κ3) is 5.73. The van der Waals surface area contributed by atoms with Crippen LogP contribution in [0.4, 0.5) is 0 Å². The van der Waals surface area contributed by atoms with E-state index in [2.05, 4.69) is 25.9 Å². The molecule has 2 heterocycles. The second-order valence-corrected chi connectivity index (χ2v) is 9.96. The number of nitrogens with zero attached hydrogens (tertiary/aromatic N) is 1. The molecule has 5 N–H and O–H groups in total. The number of aromatic nitrogens is 2. The van der Waals surface area contributed by atoms with Crippen molar-refractivity contribution in [3.05, 3.63) is 72.1 Å². The van der Waals surface area contributed by atoms with Crippen molar-refractivity contribution in [1.29, 1.82) is 0 Å². The molecule has 2 aromatic carbocycles. The predicted octanol–water partition coefficient (Wildman–Crippen LogP) is 2.45. The molecule has 0 fully saturated rings. The second kappa shape index (κ2) is 11.0. The highest BCUT2D eigenvalue weighted by Crippen LogP contribution is 2.21. The molecule has 9 heteroatoms. The van der Waals surface area contributed by atoms with Crippen LogP contribution in [0.15, 0.2) is 60.9 Å². The summed E-state index contributed by atoms with van der Waals surface area (Å²) in [5.74, 6) is -0.855. The smallest absolute Gasteiger partial charge is 0.246 e. The number of para-hydroxylation sites is 2. The van der Waals surface area contributed by atoms with Crippen molar-refractivity contribution >= 4 is 40.0 Å². The van der Waals surface area contributed by atoms with Gasteiger partial charge in [-0.1, -0.05) is 36.4 Å². The van der Waals surface area contributed by atoms with Crippen LogP contribution >= 0.6 is 0 Å². The Hall–Kier alpha value is -3.95. The Morgan fingerprint density at radius 1 is 0.919 bits per heavy atom. The third-order valence-corrected chi connectivity index (χ3v) is 7.10. The van der Waals surface area contributed by atoms with Gasteiger partial charge in [-0.25, -0.2) is 0 Å². The highest BCUT2D eigenvalue weighted by molar-refractivity contribution is 6.02. The number of nitrogens with one attached hydrogen (secondary N) is 5. The first-order valence-electron chi connectivity index (χ1n) is 12.3. The van der Waals surface area contributed by atoms with Crippen molar-refractivity contribution in [2.75, 3.05) is 14.1 Å². The van der Waals surface area contributed by atoms with Crippen LogP contribution in [0, 0.1) is 0 Å². The van der Waals surface area contributed by atoms with Gasteiger partial charge in [0.25, 0.3) is 0 Å². The van der Waals surface area contributed by atoms with Gasteiger partial charge in [-0.2, -0.15) is 0 Å². The molecule has 0 aliphatic rings. The minimum Gasteiger partial charge on any atom is -0.361 e. The normalized spacial score (nSPS) is 13.5. The molecule has 2 atom stereocenters. The first-order chi connectivity index (χ1) is 17.7. The number of carbonyl (C=O) groups is 3. The summed E-state index contributed by atoms with van der Waals surface area (Å²) in [5, 5.41) is 10.7. The summed E-state index contributed by atoms with van der Waals surface area (Å²) in [6.45, 7) is 3.51. The van der Waals surface area contributed by atoms with E-state index in [-0.39, 0.29) is 0 Å². The summed E-state index contributed by atoms with van der Waals surface area (Å²) in [6, 6.07) is 15.0. The minimum absolute atomic E-state index is 0.316. The number of imide groups is 1. The number of benzene rings is 2. The lowest BCUT2D eigenvalue weighted by atomic mass is 10.0. The largest absolute Gasteiger partial charge is 0.361 e. The fourth-order valence-corrected chi connectivity index (χ4v) is 4.31. The van der Waals surface area contributed by atoms with Crippen LogP contribution in [-0.2, 0) is 27.2 Å². The minimum atomic E-state index is -0.883. The SMILES string of the molecule is CN(C)C(C)(C)C(=O)NC(=O)[C@@H](Cc1c[nH]c2ccccc12)N[C@@H](Cc1c[nH]c2ccccc12)NC=O. The molecule has 0 aliphatic heterocycles. The Bertz CT molecular complexity index is 1400. The average Bonchev–Trinajstić information content (AvgIpc) is 3.48. The Balaban J connectivity index is 1.61. The Labute approximate surface area is 216 Å². The second-order valence-electron chi connectivity index (χ2n) is 9.96. The molecule has 0 saturated heterocycles. The average molecular weight is 503 g/mol. The topological polar surface area (TPSA) is 122 Å². The number of H-pyrrole nitrogens is 2. The van der Waals surface area contributed by atoms with E-state index in [0.29, 0.717) is 19.3 Å². The van der Waals surface area contributed by atoms with Gasteiger partial charge in [0.1, 0.15) is 0 Å². The van der Waals surface area contributed by atoms with Crippen molar-refractivity contribution in [3.63, 3.8) is 0 Å². The summed E-state index contributed by atoms with van der Waals surface area (Å²) in [4.78, 5) is 46.2. The first kappa shape index (κ1) is 26.1. The molecule has 0 saturated carbocycles. The monoisotopic (exact) mass is 502 g/mol. The summed E-state index contributed by atoms with van der Waals surface area (Å²) in [5.41, 5.74) is 3.00. The fraction of sp³-hybridized carbons (Fsp3) is 0.321. The molecule has 3 amide bonds. The van der Waals surface area contributed by atoms with Gasteiger partial charge in [0.15, 0.2) is 0 Å². The van der Waals surface area contributed by atoms with Gasteiger partial charge >= 0.3 is 0 Å². The van der Waals surface area contributed by atoms with Crippen LogP contribution in [0.25, 0.3) is 21.8 Å². The molecule has 4 aromatic rings. The number of rotatable bonds is 11. The standard InChI is InChI=1S/C28H34N6O3/c1-28(2,34(3)4)27(37)33-26(36)24(13-18-15-29-22-11-7-5-9-20(18)22)32-25(31-17-35)14-19-16-30-23-12-8-6-10-21(19)23/h5-12,15-17,24-25,29-30,32H,13-14H2,1-4H3,(H,31,35)(H,33,36,37)/t24-,25+/m1/s1. The van der Waals surface area contributed by atoms with E-state index >= 15 is 0 Å². The molecule has 4 rings (SSSR count). The molecule has 0 bridgehead atoms. The number of aromatic amines is 2. The number of hydrogen-bond acceptors (Lipinski definition) is 5. The van der Waals surface area contributed by atoms with E-state index < -0.39 is 29.6 Å². The number of amides is 3. The van der Waals surface area contributed by atoms with Crippen LogP contribution in [0.1, 0.15) is 25.0 Å². The predicted molar refractivity (Wildman–Crippen MR) is 145 cm³/mol. The van der Waals surface area contributed by atoms with Gasteiger partial charge in [-0.05, 0) is 57.6 Å². The Morgan fingerprint density at radius 2 is 1.46 bits per heavy atom. The molecule has 0 aliphatic carbocycles. The summed E-state index contributed by atoms with van der Waals surface area (Å²) < 4.78 is 0. The molecule has 0 spiro atoms. The van der Waals surface area contributed by atoms with Crippen LogP contribution in [-0.4, -0.2) is 64.9 Å². The van der Waals surface area contributed by atoms with Crippen LogP contribution in [0.2, 0.25) is 0 Å². The summed E-state index contributed by atoms with van der Waals surface area (Å²) >= 11 is 0. The zero-order valence-electron chi connectivity index (χ0n) is 21.6. The molecule has 194 valence electrons. The van der Waals surface area contributed by atoms with E-state index in [0.717, 1.165) is 32.9 Å². The van der Waals surface area contributed by atoms with E-state index in [1.165, 1.54) is 0 Å². The zero-order chi connectivity index (χ0) is 26.6. The molecule has 0 unspecified atom stereocenters. The maximum Gasteiger partial charge on any atom is 0.246 e. The number of carbonyl (C=O) groups excluding carboxylic acids is 3. The van der Waals surface area contributed by atoms with Crippen molar-refractivity contribution in [1.82, 2.24) is 30.8 Å². The molecule has 0 radical (unpaired) electrons. The van der Waals surface area contributed by atoms with Crippen molar-refractivity contribution in [3.8, 4) is 0 Å². The highest BCUT2D eigenvalue weighted by Gasteiger charge is 2.33. The quantitative estimate of drug-likeness (QED) is 0.159. The van der Waals surface area contributed by atoms with Crippen LogP contribution in [0.3, 0.4) is 0 Å². The van der Waals surface area contributed by atoms with E-state index in [1.807, 2.05) is 60.9 Å². The van der Waals surface area contributed by atoms with Gasteiger partial charge in [0, 0.05) is 40.6 Å². The van der Waals surface area contributed by atoms with Gasteiger partial charge < -0.3 is 15.3 Å². The van der Waals surface area contributed by atoms with E-state index in [9.17, 15) is 14.4 Å². The number of hydrogen-bond donors (Lipinski definition) is 5. The highest BCUT2D eigenvalue weighted by atomic mass is 16.2. The lowest BCUT2D eigenvalue weighted by Crippen LogP contribution is -2.59.